The maximum Gasteiger partial charge on any atom is 0.251 e. The van der Waals surface area contributed by atoms with Crippen LogP contribution in [0.25, 0.3) is 5.69 Å². The molecule has 0 spiro atoms. The average molecular weight is 326 g/mol. The van der Waals surface area contributed by atoms with Crippen LogP contribution in [-0.4, -0.2) is 31.1 Å². The van der Waals surface area contributed by atoms with Gasteiger partial charge in [0.15, 0.2) is 0 Å². The maximum atomic E-state index is 12.2. The van der Waals surface area contributed by atoms with E-state index >= 15 is 0 Å². The van der Waals surface area contributed by atoms with Gasteiger partial charge in [0.1, 0.15) is 6.33 Å². The molecule has 0 bridgehead atoms. The fraction of sp³-hybridized carbons (Fsp3) is 0.267. The number of thiazole rings is 1. The number of tetrazole rings is 1. The van der Waals surface area contributed by atoms with Gasteiger partial charge in [0, 0.05) is 16.9 Å². The third-order valence-corrected chi connectivity index (χ3v) is 4.73. The lowest BCUT2D eigenvalue weighted by Crippen LogP contribution is -2.22. The number of nitrogens with zero attached hydrogens (tertiary/aromatic N) is 5. The van der Waals surface area contributed by atoms with Gasteiger partial charge < -0.3 is 5.32 Å². The number of hydrogen-bond donors (Lipinski definition) is 1. The van der Waals surface area contributed by atoms with Crippen molar-refractivity contribution in [3.63, 3.8) is 0 Å². The lowest BCUT2D eigenvalue weighted by molar-refractivity contribution is 0.0950. The van der Waals surface area contributed by atoms with E-state index in [9.17, 15) is 4.79 Å². The third kappa shape index (κ3) is 3.11. The molecule has 1 saturated carbocycles. The Morgan fingerprint density at radius 2 is 2.13 bits per heavy atom. The van der Waals surface area contributed by atoms with E-state index in [0.29, 0.717) is 18.0 Å². The van der Waals surface area contributed by atoms with Crippen LogP contribution in [0.2, 0.25) is 0 Å². The van der Waals surface area contributed by atoms with Crippen LogP contribution in [-0.2, 0) is 6.54 Å². The van der Waals surface area contributed by atoms with Gasteiger partial charge in [-0.2, -0.15) is 0 Å². The summed E-state index contributed by atoms with van der Waals surface area (Å²) in [7, 11) is 0. The number of carbonyl (C=O) groups is 1. The molecule has 3 aromatic rings. The number of aromatic nitrogens is 5. The first-order chi connectivity index (χ1) is 11.3. The van der Waals surface area contributed by atoms with Gasteiger partial charge >= 0.3 is 0 Å². The summed E-state index contributed by atoms with van der Waals surface area (Å²) in [6, 6.07) is 7.12. The van der Waals surface area contributed by atoms with E-state index < -0.39 is 0 Å². The zero-order valence-electron chi connectivity index (χ0n) is 12.2. The molecule has 2 aromatic heterocycles. The van der Waals surface area contributed by atoms with Crippen LogP contribution >= 0.6 is 11.3 Å². The Hall–Kier alpha value is -2.61. The van der Waals surface area contributed by atoms with Crippen molar-refractivity contribution in [1.29, 1.82) is 0 Å². The second-order valence-corrected chi connectivity index (χ2v) is 6.32. The molecule has 1 aliphatic rings. The first-order valence-electron chi connectivity index (χ1n) is 7.35. The molecule has 4 rings (SSSR count). The Labute approximate surface area is 136 Å². The van der Waals surface area contributed by atoms with Crippen molar-refractivity contribution < 1.29 is 4.79 Å². The standard InChI is InChI=1S/C15H14N6OS/c22-14(16-7-12-8-23-15(18-12)11-1-2-11)10-3-5-13(6-4-10)21-9-17-19-20-21/h3-6,8-9,11H,1-2,7H2,(H,16,22). The minimum absolute atomic E-state index is 0.116. The quantitative estimate of drug-likeness (QED) is 0.774. The number of benzene rings is 1. The van der Waals surface area contributed by atoms with E-state index in [-0.39, 0.29) is 5.91 Å². The minimum atomic E-state index is -0.116. The van der Waals surface area contributed by atoms with Gasteiger partial charge in [-0.1, -0.05) is 0 Å². The molecule has 1 fully saturated rings. The van der Waals surface area contributed by atoms with Crippen molar-refractivity contribution in [3.8, 4) is 5.69 Å². The van der Waals surface area contributed by atoms with E-state index in [4.69, 9.17) is 0 Å². The smallest absolute Gasteiger partial charge is 0.251 e. The number of nitrogens with one attached hydrogen (secondary N) is 1. The molecule has 1 amide bonds. The molecular weight excluding hydrogens is 312 g/mol. The Kier molecular flexibility index (Phi) is 3.58. The first kappa shape index (κ1) is 14.0. The summed E-state index contributed by atoms with van der Waals surface area (Å²) in [5.74, 6) is 0.539. The summed E-state index contributed by atoms with van der Waals surface area (Å²) in [5.41, 5.74) is 2.33. The highest BCUT2D eigenvalue weighted by Gasteiger charge is 2.26. The third-order valence-electron chi connectivity index (χ3n) is 3.67. The Morgan fingerprint density at radius 3 is 2.83 bits per heavy atom. The van der Waals surface area contributed by atoms with Gasteiger partial charge in [0.05, 0.1) is 22.9 Å². The lowest BCUT2D eigenvalue weighted by Gasteiger charge is -2.04. The van der Waals surface area contributed by atoms with Crippen molar-refractivity contribution in [1.82, 2.24) is 30.5 Å². The Bertz CT molecular complexity index is 807. The van der Waals surface area contributed by atoms with Crippen LogP contribution in [0, 0.1) is 0 Å². The monoisotopic (exact) mass is 326 g/mol. The predicted octanol–water partition coefficient (Wildman–Crippen LogP) is 1.93. The van der Waals surface area contributed by atoms with Gasteiger partial charge in [-0.25, -0.2) is 9.67 Å². The Morgan fingerprint density at radius 1 is 1.30 bits per heavy atom. The molecule has 0 unspecified atom stereocenters. The van der Waals surface area contributed by atoms with Crippen molar-refractivity contribution in [3.05, 3.63) is 52.2 Å². The van der Waals surface area contributed by atoms with Crippen LogP contribution in [0.4, 0.5) is 0 Å². The maximum absolute atomic E-state index is 12.2. The summed E-state index contributed by atoms with van der Waals surface area (Å²) < 4.78 is 1.54. The molecule has 1 aromatic carbocycles. The van der Waals surface area contributed by atoms with Crippen molar-refractivity contribution in [2.24, 2.45) is 0 Å². The van der Waals surface area contributed by atoms with Crippen LogP contribution < -0.4 is 5.32 Å². The topological polar surface area (TPSA) is 85.6 Å². The highest BCUT2D eigenvalue weighted by molar-refractivity contribution is 7.09. The van der Waals surface area contributed by atoms with Crippen LogP contribution in [0.3, 0.4) is 0 Å². The number of carbonyl (C=O) groups excluding carboxylic acids is 1. The van der Waals surface area contributed by atoms with Gasteiger partial charge in [0.25, 0.3) is 5.91 Å². The Balaban J connectivity index is 1.38. The molecule has 1 aliphatic carbocycles. The second kappa shape index (κ2) is 5.88. The summed E-state index contributed by atoms with van der Waals surface area (Å²) >= 11 is 1.68. The normalized spacial score (nSPS) is 13.9. The van der Waals surface area contributed by atoms with Crippen molar-refractivity contribution >= 4 is 17.2 Å². The van der Waals surface area contributed by atoms with E-state index in [0.717, 1.165) is 11.4 Å². The summed E-state index contributed by atoms with van der Waals surface area (Å²) in [4.78, 5) is 16.8. The van der Waals surface area contributed by atoms with Gasteiger partial charge in [-0.3, -0.25) is 4.79 Å². The average Bonchev–Trinajstić information content (AvgIpc) is 3.11. The fourth-order valence-corrected chi connectivity index (χ4v) is 3.23. The molecular formula is C15H14N6OS. The predicted molar refractivity (Wildman–Crippen MR) is 84.4 cm³/mol. The molecule has 8 heteroatoms. The fourth-order valence-electron chi connectivity index (χ4n) is 2.24. The highest BCUT2D eigenvalue weighted by Crippen LogP contribution is 2.41. The van der Waals surface area contributed by atoms with Crippen molar-refractivity contribution in [2.45, 2.75) is 25.3 Å². The molecule has 1 N–H and O–H groups in total. The van der Waals surface area contributed by atoms with Crippen LogP contribution in [0.15, 0.2) is 36.0 Å². The zero-order valence-corrected chi connectivity index (χ0v) is 13.0. The lowest BCUT2D eigenvalue weighted by atomic mass is 10.2. The van der Waals surface area contributed by atoms with E-state index in [1.807, 2.05) is 5.38 Å². The summed E-state index contributed by atoms with van der Waals surface area (Å²) in [6.45, 7) is 0.455. The molecule has 0 aliphatic heterocycles. The molecule has 116 valence electrons. The molecule has 7 nitrogen and oxygen atoms in total. The highest BCUT2D eigenvalue weighted by atomic mass is 32.1. The van der Waals surface area contributed by atoms with Crippen LogP contribution in [0.5, 0.6) is 0 Å². The summed E-state index contributed by atoms with van der Waals surface area (Å²) in [6.07, 6.45) is 3.99. The molecule has 23 heavy (non-hydrogen) atoms. The summed E-state index contributed by atoms with van der Waals surface area (Å²) in [5, 5.41) is 17.1. The van der Waals surface area contributed by atoms with Gasteiger partial charge in [0.2, 0.25) is 0 Å². The number of rotatable bonds is 5. The van der Waals surface area contributed by atoms with Gasteiger partial charge in [-0.15, -0.1) is 16.4 Å². The molecule has 0 saturated heterocycles. The van der Waals surface area contributed by atoms with E-state index in [2.05, 4.69) is 25.8 Å². The van der Waals surface area contributed by atoms with E-state index in [1.165, 1.54) is 28.9 Å². The molecule has 0 radical (unpaired) electrons. The minimum Gasteiger partial charge on any atom is -0.346 e. The zero-order chi connectivity index (χ0) is 15.6. The second-order valence-electron chi connectivity index (χ2n) is 5.44. The van der Waals surface area contributed by atoms with Gasteiger partial charge in [-0.05, 0) is 47.5 Å². The SMILES string of the molecule is O=C(NCc1csc(C2CC2)n1)c1ccc(-n2cnnn2)cc1. The first-order valence-corrected chi connectivity index (χ1v) is 8.23. The largest absolute Gasteiger partial charge is 0.346 e. The molecule has 2 heterocycles. The van der Waals surface area contributed by atoms with Crippen LogP contribution in [0.1, 0.15) is 39.8 Å². The van der Waals surface area contributed by atoms with Crippen molar-refractivity contribution in [2.75, 3.05) is 0 Å². The number of hydrogen-bond acceptors (Lipinski definition) is 6. The van der Waals surface area contributed by atoms with E-state index in [1.54, 1.807) is 35.6 Å². The number of amides is 1. The molecule has 0 atom stereocenters.